The quantitative estimate of drug-likeness (QED) is 0.568. The van der Waals surface area contributed by atoms with Crippen molar-refractivity contribution >= 4 is 17.5 Å². The second kappa shape index (κ2) is 7.84. The third-order valence-corrected chi connectivity index (χ3v) is 6.03. The Morgan fingerprint density at radius 1 is 1.00 bits per heavy atom. The maximum atomic E-state index is 12.8. The van der Waals surface area contributed by atoms with Crippen molar-refractivity contribution in [2.45, 2.75) is 24.9 Å². The van der Waals surface area contributed by atoms with Crippen molar-refractivity contribution in [2.24, 2.45) is 11.8 Å². The number of Topliss-reactive ketones (excluding diaryl/α,β-unsaturated/α-hetero) is 1. The van der Waals surface area contributed by atoms with E-state index in [1.807, 2.05) is 60.7 Å². The van der Waals surface area contributed by atoms with Crippen LogP contribution in [0.3, 0.4) is 0 Å². The van der Waals surface area contributed by atoms with Gasteiger partial charge in [-0.15, -0.1) is 0 Å². The monoisotopic (exact) mass is 392 g/mol. The molecule has 2 aromatic rings. The predicted octanol–water partition coefficient (Wildman–Crippen LogP) is 4.03. The Morgan fingerprint density at radius 2 is 1.66 bits per heavy atom. The van der Waals surface area contributed by atoms with E-state index in [4.69, 9.17) is 14.2 Å². The molecule has 2 bridgehead atoms. The summed E-state index contributed by atoms with van der Waals surface area (Å²) in [6.45, 7) is 0. The molecule has 3 aliphatic rings. The summed E-state index contributed by atoms with van der Waals surface area (Å²) in [5.41, 5.74) is 0.666. The summed E-state index contributed by atoms with van der Waals surface area (Å²) in [6.07, 6.45) is 1.51. The van der Waals surface area contributed by atoms with E-state index in [1.54, 1.807) is 7.11 Å². The Kier molecular flexibility index (Phi) is 5.24. The third kappa shape index (κ3) is 3.36. The zero-order valence-corrected chi connectivity index (χ0v) is 16.6. The summed E-state index contributed by atoms with van der Waals surface area (Å²) in [5, 5.41) is 0. The van der Waals surface area contributed by atoms with E-state index in [-0.39, 0.29) is 12.2 Å². The fourth-order valence-electron chi connectivity index (χ4n) is 4.62. The Balaban J connectivity index is 1.96. The van der Waals surface area contributed by atoms with Gasteiger partial charge in [0.25, 0.3) is 0 Å². The molecule has 3 aliphatic carbocycles. The predicted molar refractivity (Wildman–Crippen MR) is 108 cm³/mol. The molecule has 0 N–H and O–H groups in total. The molecule has 29 heavy (non-hydrogen) atoms. The van der Waals surface area contributed by atoms with Crippen LogP contribution in [0.25, 0.3) is 5.76 Å². The summed E-state index contributed by atoms with van der Waals surface area (Å²) in [5.74, 6) is -0.289. The van der Waals surface area contributed by atoms with Gasteiger partial charge in [0.2, 0.25) is 0 Å². The first-order valence-electron chi connectivity index (χ1n) is 9.78. The van der Waals surface area contributed by atoms with Crippen LogP contribution in [-0.2, 0) is 19.1 Å². The number of ketones is 1. The zero-order valence-electron chi connectivity index (χ0n) is 16.6. The van der Waals surface area contributed by atoms with Gasteiger partial charge in [0.1, 0.15) is 22.9 Å². The highest BCUT2D eigenvalue weighted by Gasteiger charge is 2.58. The van der Waals surface area contributed by atoms with Crippen LogP contribution in [0.1, 0.15) is 24.8 Å². The topological polar surface area (TPSA) is 61.8 Å². The molecular formula is C24H24O5. The fourth-order valence-corrected chi connectivity index (χ4v) is 4.62. The molecule has 5 rings (SSSR count). The zero-order chi connectivity index (χ0) is 20.4. The van der Waals surface area contributed by atoms with Gasteiger partial charge in [0, 0.05) is 30.6 Å². The van der Waals surface area contributed by atoms with Gasteiger partial charge in [-0.2, -0.15) is 0 Å². The SMILES string of the molecule is COC(=O)[C@H]1/C(=C(\Oc2ccccc2)c2ccccc2)[C@]2(OC)CC[C@H]1C(=O)C2. The van der Waals surface area contributed by atoms with Crippen molar-refractivity contribution in [1.29, 1.82) is 0 Å². The maximum Gasteiger partial charge on any atom is 0.313 e. The fraction of sp³-hybridized carbons (Fsp3) is 0.333. The normalized spacial score (nSPS) is 27.4. The van der Waals surface area contributed by atoms with Gasteiger partial charge in [-0.05, 0) is 25.0 Å². The molecule has 0 aromatic heterocycles. The highest BCUT2D eigenvalue weighted by atomic mass is 16.5. The van der Waals surface area contributed by atoms with Crippen LogP contribution in [0.5, 0.6) is 5.75 Å². The molecule has 2 aromatic carbocycles. The minimum absolute atomic E-state index is 0.0457. The first-order chi connectivity index (χ1) is 14.1. The van der Waals surface area contributed by atoms with Gasteiger partial charge in [-0.1, -0.05) is 48.5 Å². The second-order valence-electron chi connectivity index (χ2n) is 7.51. The van der Waals surface area contributed by atoms with Gasteiger partial charge in [0.05, 0.1) is 13.0 Å². The lowest BCUT2D eigenvalue weighted by Gasteiger charge is -2.50. The Hall–Kier alpha value is -2.92. The number of carbonyl (C=O) groups excluding carboxylic acids is 2. The number of carbonyl (C=O) groups is 2. The minimum Gasteiger partial charge on any atom is -0.469 e. The number of rotatable bonds is 5. The van der Waals surface area contributed by atoms with Gasteiger partial charge in [-0.25, -0.2) is 0 Å². The van der Waals surface area contributed by atoms with Gasteiger partial charge in [-0.3, -0.25) is 9.59 Å². The number of esters is 1. The number of hydrogen-bond acceptors (Lipinski definition) is 5. The van der Waals surface area contributed by atoms with Crippen LogP contribution in [0.15, 0.2) is 66.2 Å². The highest BCUT2D eigenvalue weighted by molar-refractivity contribution is 5.95. The van der Waals surface area contributed by atoms with E-state index in [2.05, 4.69) is 0 Å². The highest BCUT2D eigenvalue weighted by Crippen LogP contribution is 2.54. The van der Waals surface area contributed by atoms with Crippen molar-refractivity contribution in [1.82, 2.24) is 0 Å². The van der Waals surface area contributed by atoms with Crippen LogP contribution in [-0.4, -0.2) is 31.6 Å². The third-order valence-electron chi connectivity index (χ3n) is 6.03. The first kappa shape index (κ1) is 19.4. The molecule has 0 aliphatic heterocycles. The molecular weight excluding hydrogens is 368 g/mol. The average molecular weight is 392 g/mol. The molecule has 150 valence electrons. The molecule has 5 heteroatoms. The van der Waals surface area contributed by atoms with Gasteiger partial charge < -0.3 is 14.2 Å². The van der Waals surface area contributed by atoms with E-state index < -0.39 is 23.4 Å². The van der Waals surface area contributed by atoms with Crippen molar-refractivity contribution in [3.8, 4) is 5.75 Å². The molecule has 0 radical (unpaired) electrons. The Bertz CT molecular complexity index is 934. The summed E-state index contributed by atoms with van der Waals surface area (Å²) in [7, 11) is 2.95. The van der Waals surface area contributed by atoms with E-state index >= 15 is 0 Å². The minimum atomic E-state index is -0.870. The van der Waals surface area contributed by atoms with E-state index in [9.17, 15) is 9.59 Å². The molecule has 0 heterocycles. The number of para-hydroxylation sites is 1. The molecule has 0 saturated heterocycles. The number of hydrogen-bond donors (Lipinski definition) is 0. The van der Waals surface area contributed by atoms with E-state index in [1.165, 1.54) is 7.11 Å². The van der Waals surface area contributed by atoms with Crippen molar-refractivity contribution in [3.63, 3.8) is 0 Å². The van der Waals surface area contributed by atoms with Crippen LogP contribution < -0.4 is 4.74 Å². The molecule has 5 nitrogen and oxygen atoms in total. The summed E-state index contributed by atoms with van der Waals surface area (Å²) in [4.78, 5) is 25.6. The lowest BCUT2D eigenvalue weighted by Crippen LogP contribution is -2.56. The van der Waals surface area contributed by atoms with Crippen LogP contribution in [0.2, 0.25) is 0 Å². The summed E-state index contributed by atoms with van der Waals surface area (Å²) in [6, 6.07) is 19.1. The van der Waals surface area contributed by atoms with Crippen LogP contribution >= 0.6 is 0 Å². The number of benzene rings is 2. The average Bonchev–Trinajstić information content (AvgIpc) is 2.78. The molecule has 0 spiro atoms. The lowest BCUT2D eigenvalue weighted by molar-refractivity contribution is -0.160. The van der Waals surface area contributed by atoms with Crippen molar-refractivity contribution in [3.05, 3.63) is 71.8 Å². The van der Waals surface area contributed by atoms with Crippen molar-refractivity contribution in [2.75, 3.05) is 14.2 Å². The van der Waals surface area contributed by atoms with Crippen LogP contribution in [0, 0.1) is 11.8 Å². The number of fused-ring (bicyclic) bond motifs is 3. The molecule has 3 fully saturated rings. The smallest absolute Gasteiger partial charge is 0.313 e. The van der Waals surface area contributed by atoms with Crippen molar-refractivity contribution < 1.29 is 23.8 Å². The molecule has 0 amide bonds. The van der Waals surface area contributed by atoms with Gasteiger partial charge in [0.15, 0.2) is 0 Å². The van der Waals surface area contributed by atoms with E-state index in [0.29, 0.717) is 29.9 Å². The first-order valence-corrected chi connectivity index (χ1v) is 9.78. The largest absolute Gasteiger partial charge is 0.469 e. The Morgan fingerprint density at radius 3 is 2.24 bits per heavy atom. The molecule has 0 unspecified atom stereocenters. The van der Waals surface area contributed by atoms with Crippen LogP contribution in [0.4, 0.5) is 0 Å². The summed E-state index contributed by atoms with van der Waals surface area (Å²) >= 11 is 0. The Labute approximate surface area is 170 Å². The van der Waals surface area contributed by atoms with E-state index in [0.717, 1.165) is 5.56 Å². The van der Waals surface area contributed by atoms with Gasteiger partial charge >= 0.3 is 5.97 Å². The number of ether oxygens (including phenoxy) is 3. The molecule has 3 saturated carbocycles. The lowest BCUT2D eigenvalue weighted by atomic mass is 9.57. The number of methoxy groups -OCH3 is 2. The standard InChI is InChI=1S/C24H24O5/c1-27-23(26)20-18-13-14-24(28-2,15-19(18)25)21(20)22(16-9-5-3-6-10-16)29-17-11-7-4-8-12-17/h3-12,18,20H,13-15H2,1-2H3/b22-21+/t18-,20+,24-/m0/s1. The maximum absolute atomic E-state index is 12.8. The summed E-state index contributed by atoms with van der Waals surface area (Å²) < 4.78 is 17.4. The molecule has 3 atom stereocenters. The second-order valence-corrected chi connectivity index (χ2v) is 7.51.